The summed E-state index contributed by atoms with van der Waals surface area (Å²) < 4.78 is 52.6. The highest BCUT2D eigenvalue weighted by atomic mass is 32.2. The molecule has 184 valence electrons. The molecule has 2 aliphatic rings. The molecule has 1 N–H and O–H groups in total. The van der Waals surface area contributed by atoms with E-state index in [0.29, 0.717) is 32.0 Å². The SMILES string of the molecule is O=P(O)(OC1=Cc2ccc(F)cc2Sc2ccccc21)OC1=Cc2ccc(F)cc2Sc2ccccc21. The zero-order chi connectivity index (χ0) is 25.6. The molecule has 4 nitrogen and oxygen atoms in total. The molecule has 4 aromatic rings. The lowest BCUT2D eigenvalue weighted by Crippen LogP contribution is -1.97. The zero-order valence-corrected chi connectivity index (χ0v) is 21.5. The van der Waals surface area contributed by atoms with Gasteiger partial charge in [0.15, 0.2) is 0 Å². The highest BCUT2D eigenvalue weighted by Crippen LogP contribution is 2.55. The first-order valence-electron chi connectivity index (χ1n) is 11.1. The third-order valence-corrected chi connectivity index (χ3v) is 8.85. The van der Waals surface area contributed by atoms with Gasteiger partial charge in [0.25, 0.3) is 0 Å². The third-order valence-electron chi connectivity index (χ3n) is 5.70. The summed E-state index contributed by atoms with van der Waals surface area (Å²) in [5.41, 5.74) is 2.44. The molecular weight excluding hydrogens is 533 g/mol. The first-order chi connectivity index (χ1) is 17.8. The molecule has 0 unspecified atom stereocenters. The number of halogens is 2. The Bertz CT molecular complexity index is 1550. The molecule has 2 heterocycles. The normalized spacial score (nSPS) is 14.0. The van der Waals surface area contributed by atoms with Crippen molar-refractivity contribution in [1.82, 2.24) is 0 Å². The van der Waals surface area contributed by atoms with E-state index in [9.17, 15) is 18.2 Å². The lowest BCUT2D eigenvalue weighted by atomic mass is 10.1. The molecule has 6 rings (SSSR count). The van der Waals surface area contributed by atoms with Crippen molar-refractivity contribution < 1.29 is 27.3 Å². The summed E-state index contributed by atoms with van der Waals surface area (Å²) in [4.78, 5) is 13.7. The Balaban J connectivity index is 1.40. The Morgan fingerprint density at radius 1 is 0.622 bits per heavy atom. The fraction of sp³-hybridized carbons (Fsp3) is 0. The molecule has 0 fully saturated rings. The van der Waals surface area contributed by atoms with E-state index in [0.717, 1.165) is 9.79 Å². The van der Waals surface area contributed by atoms with E-state index in [4.69, 9.17) is 9.05 Å². The Hall–Kier alpha value is -3.29. The van der Waals surface area contributed by atoms with Gasteiger partial charge in [0, 0.05) is 30.7 Å². The lowest BCUT2D eigenvalue weighted by Gasteiger charge is -2.19. The molecule has 0 saturated heterocycles. The smallest absolute Gasteiger partial charge is 0.394 e. The summed E-state index contributed by atoms with van der Waals surface area (Å²) >= 11 is 2.68. The summed E-state index contributed by atoms with van der Waals surface area (Å²) in [6.07, 6.45) is 3.20. The zero-order valence-electron chi connectivity index (χ0n) is 18.9. The number of phosphoric ester groups is 1. The standard InChI is InChI=1S/C28H17F2O4PS2/c29-19-11-9-17-13-23(21-5-1-3-7-25(21)36-27(17)15-19)33-35(31,32)34-24-14-18-10-12-20(30)16-28(18)37-26-8-4-2-6-22(24)26/h1-16H,(H,31,32). The van der Waals surface area contributed by atoms with Gasteiger partial charge in [-0.3, -0.25) is 4.89 Å². The largest absolute Gasteiger partial charge is 0.584 e. The van der Waals surface area contributed by atoms with Crippen LogP contribution in [-0.2, 0) is 13.6 Å². The fourth-order valence-corrected chi connectivity index (χ4v) is 7.04. The summed E-state index contributed by atoms with van der Waals surface area (Å²) in [5, 5.41) is 0. The van der Waals surface area contributed by atoms with Crippen molar-refractivity contribution >= 4 is 55.0 Å². The van der Waals surface area contributed by atoms with Crippen molar-refractivity contribution in [1.29, 1.82) is 0 Å². The predicted molar refractivity (Wildman–Crippen MR) is 142 cm³/mol. The van der Waals surface area contributed by atoms with E-state index >= 15 is 0 Å². The van der Waals surface area contributed by atoms with Crippen molar-refractivity contribution in [3.63, 3.8) is 0 Å². The maximum absolute atomic E-state index is 13.9. The van der Waals surface area contributed by atoms with E-state index in [1.165, 1.54) is 47.8 Å². The van der Waals surface area contributed by atoms with E-state index in [1.54, 1.807) is 48.6 Å². The molecule has 0 aromatic heterocycles. The number of rotatable bonds is 4. The van der Waals surface area contributed by atoms with Crippen LogP contribution in [0.15, 0.2) is 105 Å². The minimum atomic E-state index is -4.73. The molecule has 9 heteroatoms. The first-order valence-corrected chi connectivity index (χ1v) is 14.3. The molecule has 4 aromatic carbocycles. The van der Waals surface area contributed by atoms with Crippen LogP contribution in [0.2, 0.25) is 0 Å². The fourth-order valence-electron chi connectivity index (χ4n) is 4.04. The maximum atomic E-state index is 13.9. The Kier molecular flexibility index (Phi) is 6.21. The number of phosphoric acid groups is 1. The molecule has 37 heavy (non-hydrogen) atoms. The molecule has 0 atom stereocenters. The second-order valence-electron chi connectivity index (χ2n) is 8.23. The van der Waals surface area contributed by atoms with Crippen LogP contribution in [0.3, 0.4) is 0 Å². The van der Waals surface area contributed by atoms with Crippen LogP contribution < -0.4 is 0 Å². The average molecular weight is 551 g/mol. The van der Waals surface area contributed by atoms with E-state index in [-0.39, 0.29) is 23.2 Å². The minimum Gasteiger partial charge on any atom is -0.394 e. The molecule has 0 spiro atoms. The van der Waals surface area contributed by atoms with E-state index in [1.807, 2.05) is 24.3 Å². The number of hydrogen-bond donors (Lipinski definition) is 1. The summed E-state index contributed by atoms with van der Waals surface area (Å²) in [6, 6.07) is 23.1. The average Bonchev–Trinajstić information content (AvgIpc) is 3.10. The van der Waals surface area contributed by atoms with Crippen molar-refractivity contribution in [2.24, 2.45) is 0 Å². The van der Waals surface area contributed by atoms with Crippen molar-refractivity contribution in [2.75, 3.05) is 0 Å². The monoisotopic (exact) mass is 550 g/mol. The van der Waals surface area contributed by atoms with Gasteiger partial charge >= 0.3 is 7.82 Å². The Morgan fingerprint density at radius 3 is 1.51 bits per heavy atom. The highest BCUT2D eigenvalue weighted by Gasteiger charge is 2.32. The minimum absolute atomic E-state index is 0.124. The predicted octanol–water partition coefficient (Wildman–Crippen LogP) is 8.72. The second kappa shape index (κ2) is 9.54. The van der Waals surface area contributed by atoms with Gasteiger partial charge in [-0.2, -0.15) is 0 Å². The highest BCUT2D eigenvalue weighted by molar-refractivity contribution is 7.99. The van der Waals surface area contributed by atoms with Crippen molar-refractivity contribution in [3.05, 3.63) is 119 Å². The molecule has 0 amide bonds. The third kappa shape index (κ3) is 4.98. The van der Waals surface area contributed by atoms with Crippen LogP contribution in [0.1, 0.15) is 22.3 Å². The topological polar surface area (TPSA) is 55.8 Å². The lowest BCUT2D eigenvalue weighted by molar-refractivity contribution is 0.264. The van der Waals surface area contributed by atoms with Crippen molar-refractivity contribution in [3.8, 4) is 0 Å². The molecule has 0 saturated carbocycles. The Morgan fingerprint density at radius 2 is 1.05 bits per heavy atom. The van der Waals surface area contributed by atoms with Gasteiger partial charge in [-0.05, 0) is 59.7 Å². The van der Waals surface area contributed by atoms with Crippen LogP contribution in [0, 0.1) is 11.6 Å². The quantitative estimate of drug-likeness (QED) is 0.257. The maximum Gasteiger partial charge on any atom is 0.584 e. The van der Waals surface area contributed by atoms with Gasteiger partial charge in [-0.25, -0.2) is 13.3 Å². The van der Waals surface area contributed by atoms with Crippen LogP contribution in [0.25, 0.3) is 23.7 Å². The van der Waals surface area contributed by atoms with Gasteiger partial charge in [0.05, 0.1) is 0 Å². The molecular formula is C28H17F2O4PS2. The summed E-state index contributed by atoms with van der Waals surface area (Å²) in [6.45, 7) is 0. The van der Waals surface area contributed by atoms with Gasteiger partial charge < -0.3 is 9.05 Å². The van der Waals surface area contributed by atoms with Crippen LogP contribution in [-0.4, -0.2) is 4.89 Å². The molecule has 0 bridgehead atoms. The summed E-state index contributed by atoms with van der Waals surface area (Å²) in [7, 11) is -4.73. The van der Waals surface area contributed by atoms with Gasteiger partial charge in [0.2, 0.25) is 0 Å². The molecule has 0 aliphatic carbocycles. The van der Waals surface area contributed by atoms with Gasteiger partial charge in [-0.1, -0.05) is 72.1 Å². The van der Waals surface area contributed by atoms with Crippen LogP contribution in [0.5, 0.6) is 0 Å². The van der Waals surface area contributed by atoms with Gasteiger partial charge in [-0.15, -0.1) is 0 Å². The second-order valence-corrected chi connectivity index (χ2v) is 11.7. The van der Waals surface area contributed by atoms with E-state index < -0.39 is 7.82 Å². The van der Waals surface area contributed by atoms with Crippen LogP contribution in [0.4, 0.5) is 8.78 Å². The van der Waals surface area contributed by atoms with Crippen LogP contribution >= 0.6 is 31.3 Å². The molecule has 2 aliphatic heterocycles. The number of hydrogen-bond acceptors (Lipinski definition) is 5. The number of benzene rings is 4. The van der Waals surface area contributed by atoms with Gasteiger partial charge in [0.1, 0.15) is 23.2 Å². The Labute approximate surface area is 220 Å². The summed E-state index contributed by atoms with van der Waals surface area (Å²) in [5.74, 6) is -0.512. The number of fused-ring (bicyclic) bond motifs is 4. The van der Waals surface area contributed by atoms with Crippen molar-refractivity contribution in [2.45, 2.75) is 19.6 Å². The first kappa shape index (κ1) is 24.1. The molecule has 0 radical (unpaired) electrons. The van der Waals surface area contributed by atoms with E-state index in [2.05, 4.69) is 0 Å².